The van der Waals surface area contributed by atoms with Crippen LogP contribution in [0, 0.1) is 5.92 Å². The van der Waals surface area contributed by atoms with E-state index in [1.54, 1.807) is 14.2 Å². The summed E-state index contributed by atoms with van der Waals surface area (Å²) < 4.78 is 16.4. The highest BCUT2D eigenvalue weighted by atomic mass is 16.5. The van der Waals surface area contributed by atoms with Crippen LogP contribution in [-0.2, 0) is 9.53 Å². The van der Waals surface area contributed by atoms with Crippen molar-refractivity contribution in [3.63, 3.8) is 0 Å². The number of hydrogen-bond donors (Lipinski definition) is 1. The minimum absolute atomic E-state index is 0.0984. The standard InChI is InChI=1S/C21H32N2O4/c1-25-19-9-8-17(14-20(19)26-2)18(23-10-12-27-13-11-23)15-22-21(24)16-6-4-3-5-7-16/h8-9,14,16,18H,3-7,10-13,15H2,1-2H3,(H,22,24)/t18-/m1/s1. The summed E-state index contributed by atoms with van der Waals surface area (Å²) in [5, 5.41) is 3.22. The summed E-state index contributed by atoms with van der Waals surface area (Å²) in [6.45, 7) is 3.77. The number of methoxy groups -OCH3 is 2. The van der Waals surface area contributed by atoms with E-state index in [9.17, 15) is 4.79 Å². The van der Waals surface area contributed by atoms with Crippen molar-refractivity contribution in [2.24, 2.45) is 5.92 Å². The zero-order valence-electron chi connectivity index (χ0n) is 16.5. The van der Waals surface area contributed by atoms with E-state index in [2.05, 4.69) is 16.3 Å². The topological polar surface area (TPSA) is 60.0 Å². The smallest absolute Gasteiger partial charge is 0.223 e. The highest BCUT2D eigenvalue weighted by Gasteiger charge is 2.26. The summed E-state index contributed by atoms with van der Waals surface area (Å²) in [4.78, 5) is 15.0. The Balaban J connectivity index is 1.73. The molecule has 1 saturated heterocycles. The molecule has 3 rings (SSSR count). The average molecular weight is 376 g/mol. The second-order valence-corrected chi connectivity index (χ2v) is 7.36. The van der Waals surface area contributed by atoms with Gasteiger partial charge in [-0.2, -0.15) is 0 Å². The number of nitrogens with one attached hydrogen (secondary N) is 1. The Hall–Kier alpha value is -1.79. The largest absolute Gasteiger partial charge is 0.493 e. The third-order valence-corrected chi connectivity index (χ3v) is 5.72. The van der Waals surface area contributed by atoms with Gasteiger partial charge in [0, 0.05) is 25.6 Å². The lowest BCUT2D eigenvalue weighted by Gasteiger charge is -2.35. The van der Waals surface area contributed by atoms with Gasteiger partial charge in [-0.05, 0) is 30.5 Å². The monoisotopic (exact) mass is 376 g/mol. The van der Waals surface area contributed by atoms with Gasteiger partial charge in [-0.1, -0.05) is 25.3 Å². The van der Waals surface area contributed by atoms with Crippen molar-refractivity contribution in [2.45, 2.75) is 38.1 Å². The van der Waals surface area contributed by atoms with E-state index in [-0.39, 0.29) is 17.9 Å². The summed E-state index contributed by atoms with van der Waals surface area (Å²) in [6.07, 6.45) is 5.63. The zero-order valence-corrected chi connectivity index (χ0v) is 16.5. The Kier molecular flexibility index (Phi) is 7.35. The van der Waals surface area contributed by atoms with Crippen molar-refractivity contribution >= 4 is 5.91 Å². The highest BCUT2D eigenvalue weighted by Crippen LogP contribution is 2.32. The Bertz CT molecular complexity index is 610. The van der Waals surface area contributed by atoms with E-state index in [0.29, 0.717) is 18.0 Å². The molecule has 1 aromatic carbocycles. The predicted octanol–water partition coefficient (Wildman–Crippen LogP) is 2.77. The molecule has 1 N–H and O–H groups in total. The lowest BCUT2D eigenvalue weighted by Crippen LogP contribution is -2.44. The van der Waals surface area contributed by atoms with Gasteiger partial charge in [0.2, 0.25) is 5.91 Å². The third-order valence-electron chi connectivity index (χ3n) is 5.72. The van der Waals surface area contributed by atoms with Crippen molar-refractivity contribution in [1.29, 1.82) is 0 Å². The van der Waals surface area contributed by atoms with E-state index < -0.39 is 0 Å². The van der Waals surface area contributed by atoms with Crippen LogP contribution >= 0.6 is 0 Å². The Morgan fingerprint density at radius 2 is 1.85 bits per heavy atom. The van der Waals surface area contributed by atoms with Crippen LogP contribution in [0.5, 0.6) is 11.5 Å². The molecule has 6 nitrogen and oxygen atoms in total. The van der Waals surface area contributed by atoms with Gasteiger partial charge in [0.1, 0.15) is 0 Å². The molecule has 6 heteroatoms. The minimum atomic E-state index is 0.0984. The minimum Gasteiger partial charge on any atom is -0.493 e. The Morgan fingerprint density at radius 1 is 1.15 bits per heavy atom. The van der Waals surface area contributed by atoms with Crippen molar-refractivity contribution in [3.05, 3.63) is 23.8 Å². The van der Waals surface area contributed by atoms with E-state index in [0.717, 1.165) is 44.7 Å². The molecular formula is C21H32N2O4. The number of carbonyl (C=O) groups is 1. The summed E-state index contributed by atoms with van der Waals surface area (Å²) in [7, 11) is 3.29. The van der Waals surface area contributed by atoms with Crippen molar-refractivity contribution in [1.82, 2.24) is 10.2 Å². The fraction of sp³-hybridized carbons (Fsp3) is 0.667. The molecule has 2 aliphatic rings. The van der Waals surface area contributed by atoms with Crippen LogP contribution in [-0.4, -0.2) is 57.9 Å². The van der Waals surface area contributed by atoms with Crippen LogP contribution in [0.15, 0.2) is 18.2 Å². The first-order chi connectivity index (χ1) is 13.2. The van der Waals surface area contributed by atoms with Gasteiger partial charge < -0.3 is 19.5 Å². The van der Waals surface area contributed by atoms with Crippen LogP contribution in [0.2, 0.25) is 0 Å². The molecule has 0 spiro atoms. The Morgan fingerprint density at radius 3 is 2.52 bits per heavy atom. The average Bonchev–Trinajstić information content (AvgIpc) is 2.75. The van der Waals surface area contributed by atoms with E-state index in [1.165, 1.54) is 19.3 Å². The predicted molar refractivity (Wildman–Crippen MR) is 104 cm³/mol. The fourth-order valence-electron chi connectivity index (χ4n) is 4.11. The molecule has 1 aliphatic heterocycles. The van der Waals surface area contributed by atoms with E-state index >= 15 is 0 Å². The number of morpholine rings is 1. The summed E-state index contributed by atoms with van der Waals surface area (Å²) in [5.74, 6) is 1.81. The molecule has 0 radical (unpaired) electrons. The Labute approximate surface area is 162 Å². The molecular weight excluding hydrogens is 344 g/mol. The van der Waals surface area contributed by atoms with Gasteiger partial charge >= 0.3 is 0 Å². The van der Waals surface area contributed by atoms with E-state index in [1.807, 2.05) is 12.1 Å². The van der Waals surface area contributed by atoms with Crippen LogP contribution in [0.3, 0.4) is 0 Å². The molecule has 2 fully saturated rings. The summed E-state index contributed by atoms with van der Waals surface area (Å²) >= 11 is 0. The van der Waals surface area contributed by atoms with Crippen LogP contribution in [0.1, 0.15) is 43.7 Å². The van der Waals surface area contributed by atoms with Crippen LogP contribution in [0.4, 0.5) is 0 Å². The first kappa shape index (κ1) is 20.0. The van der Waals surface area contributed by atoms with E-state index in [4.69, 9.17) is 14.2 Å². The molecule has 1 saturated carbocycles. The first-order valence-corrected chi connectivity index (χ1v) is 10.0. The van der Waals surface area contributed by atoms with Gasteiger partial charge in [-0.15, -0.1) is 0 Å². The third kappa shape index (κ3) is 5.14. The molecule has 0 bridgehead atoms. The van der Waals surface area contributed by atoms with Gasteiger partial charge in [0.25, 0.3) is 0 Å². The van der Waals surface area contributed by atoms with Crippen molar-refractivity contribution in [2.75, 3.05) is 47.1 Å². The van der Waals surface area contributed by atoms with Gasteiger partial charge in [-0.25, -0.2) is 0 Å². The maximum absolute atomic E-state index is 12.6. The molecule has 1 heterocycles. The summed E-state index contributed by atoms with van der Waals surface area (Å²) in [5.41, 5.74) is 1.12. The van der Waals surface area contributed by atoms with Gasteiger partial charge in [-0.3, -0.25) is 9.69 Å². The molecule has 150 valence electrons. The van der Waals surface area contributed by atoms with Crippen molar-refractivity contribution < 1.29 is 19.0 Å². The van der Waals surface area contributed by atoms with Crippen molar-refractivity contribution in [3.8, 4) is 11.5 Å². The molecule has 27 heavy (non-hydrogen) atoms. The maximum atomic E-state index is 12.6. The second kappa shape index (κ2) is 9.95. The SMILES string of the molecule is COc1ccc([C@@H](CNC(=O)C2CCCCC2)N2CCOCC2)cc1OC. The summed E-state index contributed by atoms with van der Waals surface area (Å²) in [6, 6.07) is 6.12. The van der Waals surface area contributed by atoms with Crippen LogP contribution in [0.25, 0.3) is 0 Å². The molecule has 1 atom stereocenters. The normalized spacial score (nSPS) is 20.1. The van der Waals surface area contributed by atoms with Gasteiger partial charge in [0.05, 0.1) is 33.5 Å². The number of amides is 1. The van der Waals surface area contributed by atoms with Gasteiger partial charge in [0.15, 0.2) is 11.5 Å². The molecule has 1 aliphatic carbocycles. The fourth-order valence-corrected chi connectivity index (χ4v) is 4.11. The lowest BCUT2D eigenvalue weighted by atomic mass is 9.88. The second-order valence-electron chi connectivity index (χ2n) is 7.36. The van der Waals surface area contributed by atoms with Crippen LogP contribution < -0.4 is 14.8 Å². The molecule has 0 aromatic heterocycles. The molecule has 1 aromatic rings. The maximum Gasteiger partial charge on any atom is 0.223 e. The highest BCUT2D eigenvalue weighted by molar-refractivity contribution is 5.78. The number of nitrogens with zero attached hydrogens (tertiary/aromatic N) is 1. The number of carbonyl (C=O) groups excluding carboxylic acids is 1. The number of ether oxygens (including phenoxy) is 3. The quantitative estimate of drug-likeness (QED) is 0.793. The number of rotatable bonds is 7. The number of hydrogen-bond acceptors (Lipinski definition) is 5. The number of benzene rings is 1. The molecule has 1 amide bonds. The zero-order chi connectivity index (χ0) is 19.1. The lowest BCUT2D eigenvalue weighted by molar-refractivity contribution is -0.126. The first-order valence-electron chi connectivity index (χ1n) is 10.0. The molecule has 0 unspecified atom stereocenters.